The Morgan fingerprint density at radius 1 is 1.17 bits per heavy atom. The van der Waals surface area contributed by atoms with Gasteiger partial charge in [-0.2, -0.15) is 5.48 Å². The van der Waals surface area contributed by atoms with Crippen molar-refractivity contribution < 1.29 is 40.0 Å². The first-order valence-electron chi connectivity index (χ1n) is 5.14. The molecule has 0 aromatic heterocycles. The molecule has 0 saturated carbocycles. The van der Waals surface area contributed by atoms with Crippen molar-refractivity contribution >= 4 is 11.8 Å². The number of carboxylic acid groups (broad SMARTS) is 1. The third-order valence-corrected chi connectivity index (χ3v) is 2.01. The molecular weight excluding hydrogens is 250 g/mol. The van der Waals surface area contributed by atoms with E-state index in [1.165, 1.54) is 0 Å². The molecular formula is C9H17NO8. The molecule has 9 heteroatoms. The molecule has 3 atom stereocenters. The molecule has 0 aromatic carbocycles. The molecule has 106 valence electrons. The lowest BCUT2D eigenvalue weighted by molar-refractivity contribution is -0.144. The van der Waals surface area contributed by atoms with Crippen LogP contribution in [0.1, 0.15) is 6.42 Å². The number of nitrogens with one attached hydrogen (secondary N) is 1. The monoisotopic (exact) mass is 267 g/mol. The number of Topliss-reactive ketones (excluding diaryl/α,β-unsaturated/α-hetero) is 1. The van der Waals surface area contributed by atoms with Crippen molar-refractivity contribution in [3.05, 3.63) is 0 Å². The highest BCUT2D eigenvalue weighted by atomic mass is 16.6. The molecule has 0 saturated heterocycles. The number of aliphatic carboxylic acids is 1. The summed E-state index contributed by atoms with van der Waals surface area (Å²) in [6.45, 7) is -1.77. The largest absolute Gasteiger partial charge is 0.481 e. The summed E-state index contributed by atoms with van der Waals surface area (Å²) < 4.78 is 0. The average Bonchev–Trinajstić information content (AvgIpc) is 2.36. The third kappa shape index (κ3) is 6.00. The van der Waals surface area contributed by atoms with Crippen LogP contribution in [0.2, 0.25) is 0 Å². The van der Waals surface area contributed by atoms with E-state index in [1.54, 1.807) is 0 Å². The molecule has 0 aliphatic heterocycles. The molecule has 0 unspecified atom stereocenters. The van der Waals surface area contributed by atoms with Crippen molar-refractivity contribution in [1.29, 1.82) is 0 Å². The molecule has 0 aliphatic rings. The van der Waals surface area contributed by atoms with Gasteiger partial charge in [0.15, 0.2) is 5.78 Å². The maximum atomic E-state index is 11.5. The van der Waals surface area contributed by atoms with Crippen molar-refractivity contribution in [3.63, 3.8) is 0 Å². The van der Waals surface area contributed by atoms with Crippen LogP contribution in [0.3, 0.4) is 0 Å². The van der Waals surface area contributed by atoms with Gasteiger partial charge in [0.1, 0.15) is 18.2 Å². The lowest BCUT2D eigenvalue weighted by Crippen LogP contribution is -2.49. The topological polar surface area (TPSA) is 157 Å². The Labute approximate surface area is 103 Å². The number of aliphatic hydroxyl groups excluding tert-OH is 4. The van der Waals surface area contributed by atoms with E-state index in [2.05, 4.69) is 10.3 Å². The zero-order valence-electron chi connectivity index (χ0n) is 9.52. The lowest BCUT2D eigenvalue weighted by atomic mass is 10.0. The first kappa shape index (κ1) is 16.9. The van der Waals surface area contributed by atoms with Crippen molar-refractivity contribution in [2.75, 3.05) is 19.8 Å². The van der Waals surface area contributed by atoms with Crippen LogP contribution < -0.4 is 5.48 Å². The summed E-state index contributed by atoms with van der Waals surface area (Å²) in [6, 6.07) is -1.32. The Morgan fingerprint density at radius 2 is 1.78 bits per heavy atom. The van der Waals surface area contributed by atoms with Gasteiger partial charge in [-0.25, -0.2) is 0 Å². The molecule has 0 aliphatic carbocycles. The fourth-order valence-corrected chi connectivity index (χ4v) is 0.979. The van der Waals surface area contributed by atoms with Crippen molar-refractivity contribution in [2.24, 2.45) is 0 Å². The third-order valence-electron chi connectivity index (χ3n) is 2.01. The predicted molar refractivity (Wildman–Crippen MR) is 56.3 cm³/mol. The first-order chi connectivity index (χ1) is 8.43. The number of carboxylic acids is 1. The van der Waals surface area contributed by atoms with Gasteiger partial charge in [0.25, 0.3) is 0 Å². The number of rotatable bonds is 10. The van der Waals surface area contributed by atoms with Crippen LogP contribution in [-0.4, -0.2) is 75.4 Å². The molecule has 18 heavy (non-hydrogen) atoms. The number of ketones is 1. The minimum Gasteiger partial charge on any atom is -0.481 e. The number of hydroxylamine groups is 1. The first-order valence-corrected chi connectivity index (χ1v) is 5.14. The van der Waals surface area contributed by atoms with Crippen LogP contribution >= 0.6 is 0 Å². The molecule has 0 heterocycles. The molecule has 0 amide bonds. The van der Waals surface area contributed by atoms with Crippen LogP contribution in [0.5, 0.6) is 0 Å². The van der Waals surface area contributed by atoms with Gasteiger partial charge in [0.2, 0.25) is 0 Å². The Morgan fingerprint density at radius 3 is 2.22 bits per heavy atom. The van der Waals surface area contributed by atoms with Gasteiger partial charge in [-0.15, -0.1) is 0 Å². The SMILES string of the molecule is O=C(O)CCON[C@@H](CO)C(=O)[C@H](O)[C@H](O)CO. The summed E-state index contributed by atoms with van der Waals surface area (Å²) in [6.07, 6.45) is -3.84. The summed E-state index contributed by atoms with van der Waals surface area (Å²) >= 11 is 0. The molecule has 0 aromatic rings. The zero-order valence-corrected chi connectivity index (χ0v) is 9.52. The lowest BCUT2D eigenvalue weighted by Gasteiger charge is -2.20. The summed E-state index contributed by atoms with van der Waals surface area (Å²) in [4.78, 5) is 26.2. The van der Waals surface area contributed by atoms with Crippen molar-refractivity contribution in [3.8, 4) is 0 Å². The van der Waals surface area contributed by atoms with E-state index < -0.39 is 43.2 Å². The molecule has 9 nitrogen and oxygen atoms in total. The van der Waals surface area contributed by atoms with Crippen LogP contribution in [0.4, 0.5) is 0 Å². The predicted octanol–water partition coefficient (Wildman–Crippen LogP) is -3.37. The average molecular weight is 267 g/mol. The Hall–Kier alpha value is -1.10. The van der Waals surface area contributed by atoms with E-state index in [0.29, 0.717) is 0 Å². The maximum absolute atomic E-state index is 11.5. The van der Waals surface area contributed by atoms with Gasteiger partial charge >= 0.3 is 5.97 Å². The van der Waals surface area contributed by atoms with E-state index in [-0.39, 0.29) is 13.0 Å². The van der Waals surface area contributed by atoms with Gasteiger partial charge in [-0.05, 0) is 0 Å². The Bertz CT molecular complexity index is 271. The maximum Gasteiger partial charge on any atom is 0.305 e. The van der Waals surface area contributed by atoms with Gasteiger partial charge < -0.3 is 30.4 Å². The minimum absolute atomic E-state index is 0.238. The number of carbonyl (C=O) groups excluding carboxylic acids is 1. The Balaban J connectivity index is 4.15. The highest BCUT2D eigenvalue weighted by Gasteiger charge is 2.30. The molecule has 0 spiro atoms. The van der Waals surface area contributed by atoms with Gasteiger partial charge in [-0.3, -0.25) is 9.59 Å². The number of carbonyl (C=O) groups is 2. The highest BCUT2D eigenvalue weighted by Crippen LogP contribution is 1.99. The van der Waals surface area contributed by atoms with Gasteiger partial charge in [0.05, 0.1) is 26.2 Å². The molecule has 6 N–H and O–H groups in total. The molecule has 0 fully saturated rings. The van der Waals surface area contributed by atoms with Crippen molar-refractivity contribution in [1.82, 2.24) is 5.48 Å². The second-order valence-electron chi connectivity index (χ2n) is 3.44. The normalized spacial score (nSPS) is 16.0. The van der Waals surface area contributed by atoms with E-state index >= 15 is 0 Å². The van der Waals surface area contributed by atoms with Gasteiger partial charge in [0, 0.05) is 0 Å². The number of aliphatic hydroxyl groups is 4. The standard InChI is InChI=1S/C9H17NO8/c11-3-5(10-18-2-1-7(14)15)8(16)9(17)6(13)4-12/h5-6,9-13,17H,1-4H2,(H,14,15)/t5-,6+,9+/m0/s1. The number of hydrogen-bond acceptors (Lipinski definition) is 8. The zero-order chi connectivity index (χ0) is 14.1. The molecule has 0 bridgehead atoms. The fraction of sp³-hybridized carbons (Fsp3) is 0.778. The van der Waals surface area contributed by atoms with Crippen LogP contribution in [0, 0.1) is 0 Å². The summed E-state index contributed by atoms with van der Waals surface area (Å²) in [5.41, 5.74) is 2.07. The van der Waals surface area contributed by atoms with E-state index in [9.17, 15) is 14.7 Å². The van der Waals surface area contributed by atoms with Crippen LogP contribution in [-0.2, 0) is 14.4 Å². The van der Waals surface area contributed by atoms with Gasteiger partial charge in [-0.1, -0.05) is 0 Å². The summed E-state index contributed by atoms with van der Waals surface area (Å²) in [7, 11) is 0. The summed E-state index contributed by atoms with van der Waals surface area (Å²) in [5, 5.41) is 44.0. The van der Waals surface area contributed by atoms with E-state index in [1.807, 2.05) is 0 Å². The molecule has 0 radical (unpaired) electrons. The second kappa shape index (κ2) is 8.91. The molecule has 0 rings (SSSR count). The fourth-order valence-electron chi connectivity index (χ4n) is 0.979. The van der Waals surface area contributed by atoms with Crippen molar-refractivity contribution in [2.45, 2.75) is 24.7 Å². The highest BCUT2D eigenvalue weighted by molar-refractivity contribution is 5.88. The summed E-state index contributed by atoms with van der Waals surface area (Å²) in [5.74, 6) is -2.08. The van der Waals surface area contributed by atoms with Crippen LogP contribution in [0.15, 0.2) is 0 Å². The minimum atomic E-state index is -1.87. The smallest absolute Gasteiger partial charge is 0.305 e. The quantitative estimate of drug-likeness (QED) is 0.175. The number of hydrogen-bond donors (Lipinski definition) is 6. The van der Waals surface area contributed by atoms with E-state index in [4.69, 9.17) is 20.4 Å². The Kier molecular flexibility index (Phi) is 8.37. The van der Waals surface area contributed by atoms with Crippen LogP contribution in [0.25, 0.3) is 0 Å². The van der Waals surface area contributed by atoms with E-state index in [0.717, 1.165) is 0 Å². The second-order valence-corrected chi connectivity index (χ2v) is 3.44.